The largest absolute Gasteiger partial charge is 0.497 e. The van der Waals surface area contributed by atoms with Crippen LogP contribution in [0.25, 0.3) is 10.9 Å². The Kier molecular flexibility index (Phi) is 4.47. The highest BCUT2D eigenvalue weighted by atomic mass is 16.5. The van der Waals surface area contributed by atoms with Gasteiger partial charge in [-0.2, -0.15) is 5.10 Å². The molecule has 1 unspecified atom stereocenters. The normalized spacial score (nSPS) is 16.3. The molecule has 142 valence electrons. The van der Waals surface area contributed by atoms with Crippen molar-refractivity contribution in [3.05, 3.63) is 75.6 Å². The number of hydrogen-bond donors (Lipinski definition) is 1. The first-order valence-electron chi connectivity index (χ1n) is 9.11. The van der Waals surface area contributed by atoms with E-state index >= 15 is 0 Å². The van der Waals surface area contributed by atoms with Gasteiger partial charge in [-0.05, 0) is 36.8 Å². The predicted molar refractivity (Wildman–Crippen MR) is 109 cm³/mol. The molecule has 2 heterocycles. The van der Waals surface area contributed by atoms with Gasteiger partial charge in [0.2, 0.25) is 5.91 Å². The lowest BCUT2D eigenvalue weighted by Gasteiger charge is -2.20. The van der Waals surface area contributed by atoms with Crippen LogP contribution in [0.4, 0.5) is 0 Å². The van der Waals surface area contributed by atoms with Crippen LogP contribution < -0.4 is 10.3 Å². The van der Waals surface area contributed by atoms with Crippen LogP contribution in [0.2, 0.25) is 0 Å². The van der Waals surface area contributed by atoms with Crippen molar-refractivity contribution in [3.63, 3.8) is 0 Å². The minimum absolute atomic E-state index is 0.197. The SMILES string of the molecule is COc1ccc2[nH]c(=O)c(C3CC(c4ccc(C)cc4)=NN3C(C)=O)cc2c1. The molecular formula is C22H21N3O3. The molecule has 2 aromatic carbocycles. The van der Waals surface area contributed by atoms with Crippen molar-refractivity contribution in [2.75, 3.05) is 7.11 Å². The molecule has 0 radical (unpaired) electrons. The number of nitrogens with zero attached hydrogens (tertiary/aromatic N) is 2. The first-order valence-corrected chi connectivity index (χ1v) is 9.11. The zero-order valence-corrected chi connectivity index (χ0v) is 16.0. The maximum absolute atomic E-state index is 12.8. The number of rotatable bonds is 3. The van der Waals surface area contributed by atoms with Gasteiger partial charge in [-0.1, -0.05) is 29.8 Å². The molecule has 0 fully saturated rings. The third-order valence-corrected chi connectivity index (χ3v) is 5.06. The van der Waals surface area contributed by atoms with Crippen molar-refractivity contribution in [1.29, 1.82) is 0 Å². The van der Waals surface area contributed by atoms with Crippen LogP contribution in [0.1, 0.15) is 36.1 Å². The summed E-state index contributed by atoms with van der Waals surface area (Å²) in [6.07, 6.45) is 0.487. The summed E-state index contributed by atoms with van der Waals surface area (Å²) in [7, 11) is 1.60. The Bertz CT molecular complexity index is 1150. The van der Waals surface area contributed by atoms with E-state index in [9.17, 15) is 9.59 Å². The summed E-state index contributed by atoms with van der Waals surface area (Å²) in [6.45, 7) is 3.49. The summed E-state index contributed by atoms with van der Waals surface area (Å²) < 4.78 is 5.28. The second-order valence-corrected chi connectivity index (χ2v) is 7.00. The zero-order valence-electron chi connectivity index (χ0n) is 16.0. The molecule has 0 saturated heterocycles. The highest BCUT2D eigenvalue weighted by Crippen LogP contribution is 2.32. The number of H-pyrrole nitrogens is 1. The standard InChI is InChI=1S/C22H21N3O3/c1-13-4-6-15(7-5-13)20-12-21(25(24-20)14(2)26)18-11-16-10-17(28-3)8-9-19(16)23-22(18)27/h4-11,21H,12H2,1-3H3,(H,23,27). The van der Waals surface area contributed by atoms with E-state index in [0.29, 0.717) is 17.7 Å². The van der Waals surface area contributed by atoms with Gasteiger partial charge < -0.3 is 9.72 Å². The summed E-state index contributed by atoms with van der Waals surface area (Å²) >= 11 is 0. The quantitative estimate of drug-likeness (QED) is 0.761. The van der Waals surface area contributed by atoms with Crippen LogP contribution in [0.5, 0.6) is 5.75 Å². The van der Waals surface area contributed by atoms with Crippen molar-refractivity contribution < 1.29 is 9.53 Å². The van der Waals surface area contributed by atoms with Crippen LogP contribution in [-0.4, -0.2) is 28.7 Å². The van der Waals surface area contributed by atoms with E-state index < -0.39 is 6.04 Å². The average Bonchev–Trinajstić information content (AvgIpc) is 3.13. The molecule has 1 N–H and O–H groups in total. The summed E-state index contributed by atoms with van der Waals surface area (Å²) in [4.78, 5) is 27.9. The van der Waals surface area contributed by atoms with E-state index in [0.717, 1.165) is 27.7 Å². The number of fused-ring (bicyclic) bond motifs is 1. The fourth-order valence-electron chi connectivity index (χ4n) is 3.54. The van der Waals surface area contributed by atoms with Gasteiger partial charge in [0.05, 0.1) is 18.9 Å². The molecule has 0 bridgehead atoms. The Hall–Kier alpha value is -3.41. The number of amides is 1. The van der Waals surface area contributed by atoms with Gasteiger partial charge in [0, 0.05) is 29.8 Å². The zero-order chi connectivity index (χ0) is 19.8. The van der Waals surface area contributed by atoms with Gasteiger partial charge in [0.15, 0.2) is 0 Å². The number of benzene rings is 2. The fraction of sp³-hybridized carbons (Fsp3) is 0.227. The van der Waals surface area contributed by atoms with Gasteiger partial charge in [-0.25, -0.2) is 5.01 Å². The molecule has 1 aliphatic heterocycles. The summed E-state index contributed by atoms with van der Waals surface area (Å²) in [5.41, 5.74) is 3.93. The number of hydrogen-bond acceptors (Lipinski definition) is 4. The molecule has 6 nitrogen and oxygen atoms in total. The van der Waals surface area contributed by atoms with Gasteiger partial charge in [-0.3, -0.25) is 9.59 Å². The monoisotopic (exact) mass is 375 g/mol. The maximum Gasteiger partial charge on any atom is 0.253 e. The third kappa shape index (κ3) is 3.17. The number of aromatic amines is 1. The van der Waals surface area contributed by atoms with Crippen LogP contribution in [-0.2, 0) is 4.79 Å². The number of carbonyl (C=O) groups excluding carboxylic acids is 1. The Morgan fingerprint density at radius 3 is 2.61 bits per heavy atom. The molecule has 0 spiro atoms. The maximum atomic E-state index is 12.8. The van der Waals surface area contributed by atoms with E-state index in [1.54, 1.807) is 13.2 Å². The predicted octanol–water partition coefficient (Wildman–Crippen LogP) is 3.54. The number of ether oxygens (including phenoxy) is 1. The fourth-order valence-corrected chi connectivity index (χ4v) is 3.54. The number of pyridine rings is 1. The van der Waals surface area contributed by atoms with Crippen molar-refractivity contribution >= 4 is 22.5 Å². The lowest BCUT2D eigenvalue weighted by atomic mass is 9.98. The van der Waals surface area contributed by atoms with Crippen LogP contribution in [0, 0.1) is 6.92 Å². The second kappa shape index (κ2) is 6.96. The lowest BCUT2D eigenvalue weighted by molar-refractivity contribution is -0.130. The molecule has 1 aliphatic rings. The molecule has 0 aliphatic carbocycles. The molecule has 1 amide bonds. The Balaban J connectivity index is 1.77. The molecule has 6 heteroatoms. The van der Waals surface area contributed by atoms with E-state index in [1.165, 1.54) is 11.9 Å². The van der Waals surface area contributed by atoms with Gasteiger partial charge >= 0.3 is 0 Å². The summed E-state index contributed by atoms with van der Waals surface area (Å²) in [5, 5.41) is 6.78. The number of aromatic nitrogens is 1. The third-order valence-electron chi connectivity index (χ3n) is 5.06. The molecule has 1 aromatic heterocycles. The molecule has 4 rings (SSSR count). The Morgan fingerprint density at radius 2 is 1.93 bits per heavy atom. The van der Waals surface area contributed by atoms with Crippen molar-refractivity contribution in [1.82, 2.24) is 9.99 Å². The van der Waals surface area contributed by atoms with Crippen LogP contribution in [0.15, 0.2) is 58.4 Å². The number of methoxy groups -OCH3 is 1. The van der Waals surface area contributed by atoms with Crippen molar-refractivity contribution in [2.45, 2.75) is 26.3 Å². The number of aryl methyl sites for hydroxylation is 1. The van der Waals surface area contributed by atoms with Crippen LogP contribution in [0.3, 0.4) is 0 Å². The minimum atomic E-state index is -0.437. The van der Waals surface area contributed by atoms with Gasteiger partial charge in [0.1, 0.15) is 5.75 Å². The van der Waals surface area contributed by atoms with Crippen molar-refractivity contribution in [2.24, 2.45) is 5.10 Å². The molecule has 28 heavy (non-hydrogen) atoms. The first kappa shape index (κ1) is 18.0. The van der Waals surface area contributed by atoms with Crippen molar-refractivity contribution in [3.8, 4) is 5.75 Å². The van der Waals surface area contributed by atoms with Gasteiger partial charge in [0.25, 0.3) is 5.56 Å². The molecular weight excluding hydrogens is 354 g/mol. The van der Waals surface area contributed by atoms with Crippen LogP contribution >= 0.6 is 0 Å². The number of nitrogens with one attached hydrogen (secondary N) is 1. The topological polar surface area (TPSA) is 74.8 Å². The average molecular weight is 375 g/mol. The summed E-state index contributed by atoms with van der Waals surface area (Å²) in [6, 6.07) is 14.9. The van der Waals surface area contributed by atoms with E-state index in [2.05, 4.69) is 10.1 Å². The lowest BCUT2D eigenvalue weighted by Crippen LogP contribution is -2.29. The van der Waals surface area contributed by atoms with E-state index in [-0.39, 0.29) is 11.5 Å². The Morgan fingerprint density at radius 1 is 1.18 bits per heavy atom. The van der Waals surface area contributed by atoms with E-state index in [1.807, 2.05) is 49.4 Å². The Labute approximate surface area is 162 Å². The molecule has 1 atom stereocenters. The van der Waals surface area contributed by atoms with Gasteiger partial charge in [-0.15, -0.1) is 0 Å². The number of hydrazone groups is 1. The highest BCUT2D eigenvalue weighted by molar-refractivity contribution is 6.03. The molecule has 3 aromatic rings. The smallest absolute Gasteiger partial charge is 0.253 e. The number of carbonyl (C=O) groups is 1. The minimum Gasteiger partial charge on any atom is -0.497 e. The first-order chi connectivity index (χ1) is 13.5. The second-order valence-electron chi connectivity index (χ2n) is 7.00. The molecule has 0 saturated carbocycles. The van der Waals surface area contributed by atoms with E-state index in [4.69, 9.17) is 4.74 Å². The highest BCUT2D eigenvalue weighted by Gasteiger charge is 2.33. The summed E-state index contributed by atoms with van der Waals surface area (Å²) in [5.74, 6) is 0.509.